The number of esters is 4. The first-order valence-corrected chi connectivity index (χ1v) is 42.7. The van der Waals surface area contributed by atoms with Crippen molar-refractivity contribution in [3.8, 4) is 0 Å². The summed E-state index contributed by atoms with van der Waals surface area (Å²) in [6, 6.07) is 0. The van der Waals surface area contributed by atoms with Gasteiger partial charge in [0, 0.05) is 25.7 Å². The molecule has 3 unspecified atom stereocenters. The zero-order valence-electron chi connectivity index (χ0n) is 63.0. The standard InChI is InChI=1S/C77H150O17P2/c1-67(2)53-45-37-29-24-20-16-12-9-10-14-18-22-26-32-41-49-57-74(79)87-64-73(94-77(82)60-52-44-36-35-40-48-56-70(7)8)66-92-96(85,86)90-62-71(78)61-89-95(83,84)91-65-72(63-88-75(80)58-50-42-34-28-31-39-47-55-69(5)6)93-76(81)59-51-43-33-27-23-19-15-11-13-17-21-25-30-38-46-54-68(3)4/h67-73,78H,9-66H2,1-8H3,(H,83,84)(H,85,86)/t71?,72-,73-/m1/s1. The van der Waals surface area contributed by atoms with E-state index >= 15 is 0 Å². The fourth-order valence-electron chi connectivity index (χ4n) is 11.7. The van der Waals surface area contributed by atoms with Crippen LogP contribution in [0.1, 0.15) is 389 Å². The van der Waals surface area contributed by atoms with E-state index in [1.54, 1.807) is 0 Å². The van der Waals surface area contributed by atoms with E-state index in [9.17, 15) is 43.2 Å². The Balaban J connectivity index is 5.14. The van der Waals surface area contributed by atoms with Crippen LogP contribution in [-0.2, 0) is 65.4 Å². The van der Waals surface area contributed by atoms with Gasteiger partial charge in [-0.2, -0.15) is 0 Å². The number of carbonyl (C=O) groups excluding carboxylic acids is 4. The number of hydrogen-bond donors (Lipinski definition) is 3. The average molecular weight is 1410 g/mol. The molecule has 0 saturated carbocycles. The highest BCUT2D eigenvalue weighted by Gasteiger charge is 2.30. The smallest absolute Gasteiger partial charge is 0.462 e. The van der Waals surface area contributed by atoms with Gasteiger partial charge in [-0.3, -0.25) is 37.3 Å². The molecular formula is C77H150O17P2. The zero-order valence-corrected chi connectivity index (χ0v) is 64.8. The van der Waals surface area contributed by atoms with Gasteiger partial charge in [-0.1, -0.05) is 338 Å². The molecule has 0 fully saturated rings. The van der Waals surface area contributed by atoms with Crippen LogP contribution in [0.5, 0.6) is 0 Å². The van der Waals surface area contributed by atoms with E-state index in [-0.39, 0.29) is 25.7 Å². The first kappa shape index (κ1) is 94.1. The Morgan fingerprint density at radius 2 is 0.438 bits per heavy atom. The maximum Gasteiger partial charge on any atom is 0.472 e. The lowest BCUT2D eigenvalue weighted by atomic mass is 10.0. The Kier molecular flexibility index (Phi) is 65.0. The maximum atomic E-state index is 13.1. The first-order chi connectivity index (χ1) is 46.1. The van der Waals surface area contributed by atoms with E-state index in [0.717, 1.165) is 108 Å². The number of phosphoric ester groups is 2. The molecule has 0 aliphatic carbocycles. The predicted molar refractivity (Wildman–Crippen MR) is 391 cm³/mol. The second-order valence-electron chi connectivity index (χ2n) is 29.7. The number of aliphatic hydroxyl groups is 1. The number of carbonyl (C=O) groups is 4. The third-order valence-electron chi connectivity index (χ3n) is 17.8. The van der Waals surface area contributed by atoms with Crippen LogP contribution in [0.4, 0.5) is 0 Å². The van der Waals surface area contributed by atoms with Crippen LogP contribution in [0.25, 0.3) is 0 Å². The average Bonchev–Trinajstić information content (AvgIpc) is 1.62. The molecule has 0 rings (SSSR count). The van der Waals surface area contributed by atoms with Crippen molar-refractivity contribution in [3.05, 3.63) is 0 Å². The Bertz CT molecular complexity index is 1880. The minimum atomic E-state index is -4.96. The SMILES string of the molecule is CC(C)CCCCCCCCCCCCCCCCCCC(=O)OC[C@H](COP(=O)(O)OCC(O)COP(=O)(O)OC[C@@H](COC(=O)CCCCCCCCCC(C)C)OC(=O)CCCCCCCCCCCCCCCCCC(C)C)OC(=O)CCCCCCCCC(C)C. The van der Waals surface area contributed by atoms with Gasteiger partial charge in [0.05, 0.1) is 26.4 Å². The van der Waals surface area contributed by atoms with Gasteiger partial charge in [0.25, 0.3) is 0 Å². The second kappa shape index (κ2) is 66.3. The van der Waals surface area contributed by atoms with Crippen molar-refractivity contribution in [1.29, 1.82) is 0 Å². The van der Waals surface area contributed by atoms with Crippen LogP contribution in [0.15, 0.2) is 0 Å². The third-order valence-corrected chi connectivity index (χ3v) is 19.7. The van der Waals surface area contributed by atoms with Gasteiger partial charge in [0.1, 0.15) is 19.3 Å². The second-order valence-corrected chi connectivity index (χ2v) is 32.6. The number of aliphatic hydroxyl groups excluding tert-OH is 1. The fourth-order valence-corrected chi connectivity index (χ4v) is 13.3. The largest absolute Gasteiger partial charge is 0.472 e. The molecule has 3 N–H and O–H groups in total. The van der Waals surface area contributed by atoms with E-state index in [4.69, 9.17) is 37.0 Å². The predicted octanol–water partition coefficient (Wildman–Crippen LogP) is 22.4. The van der Waals surface area contributed by atoms with Gasteiger partial charge in [-0.15, -0.1) is 0 Å². The Hall–Kier alpha value is -1.94. The maximum absolute atomic E-state index is 13.1. The molecule has 0 saturated heterocycles. The van der Waals surface area contributed by atoms with Crippen molar-refractivity contribution in [2.45, 2.75) is 408 Å². The molecule has 0 amide bonds. The van der Waals surface area contributed by atoms with E-state index in [2.05, 4.69) is 55.4 Å². The molecule has 0 aromatic carbocycles. The van der Waals surface area contributed by atoms with Crippen LogP contribution >= 0.6 is 15.6 Å². The molecule has 0 bridgehead atoms. The summed E-state index contributed by atoms with van der Waals surface area (Å²) in [6.45, 7) is 14.1. The summed E-state index contributed by atoms with van der Waals surface area (Å²) in [5.41, 5.74) is 0. The molecule has 0 radical (unpaired) electrons. The molecule has 5 atom stereocenters. The molecule has 0 aliphatic rings. The van der Waals surface area contributed by atoms with Crippen molar-refractivity contribution < 1.29 is 80.2 Å². The Morgan fingerprint density at radius 3 is 0.646 bits per heavy atom. The van der Waals surface area contributed by atoms with E-state index in [1.807, 2.05) is 0 Å². The summed E-state index contributed by atoms with van der Waals surface area (Å²) >= 11 is 0. The summed E-state index contributed by atoms with van der Waals surface area (Å²) in [4.78, 5) is 72.7. The Labute approximate surface area is 588 Å². The van der Waals surface area contributed by atoms with Crippen LogP contribution in [-0.4, -0.2) is 96.7 Å². The minimum Gasteiger partial charge on any atom is -0.462 e. The summed E-state index contributed by atoms with van der Waals surface area (Å²) in [5, 5.41) is 10.6. The van der Waals surface area contributed by atoms with E-state index in [0.29, 0.717) is 37.5 Å². The highest BCUT2D eigenvalue weighted by atomic mass is 31.2. The summed E-state index contributed by atoms with van der Waals surface area (Å²) in [5.74, 6) is 0.864. The van der Waals surface area contributed by atoms with Gasteiger partial charge < -0.3 is 33.8 Å². The van der Waals surface area contributed by atoms with E-state index < -0.39 is 97.5 Å². The zero-order chi connectivity index (χ0) is 71.0. The normalized spacial score (nSPS) is 14.1. The van der Waals surface area contributed by atoms with Gasteiger partial charge >= 0.3 is 39.5 Å². The molecule has 0 spiro atoms. The monoisotopic (exact) mass is 1410 g/mol. The number of unbranched alkanes of at least 4 members (excludes halogenated alkanes) is 40. The van der Waals surface area contributed by atoms with Gasteiger partial charge in [0.2, 0.25) is 0 Å². The molecular weight excluding hydrogens is 1260 g/mol. The molecule has 19 heteroatoms. The van der Waals surface area contributed by atoms with Crippen molar-refractivity contribution >= 4 is 39.5 Å². The van der Waals surface area contributed by atoms with Gasteiger partial charge in [-0.05, 0) is 49.4 Å². The molecule has 570 valence electrons. The van der Waals surface area contributed by atoms with Crippen molar-refractivity contribution in [2.75, 3.05) is 39.6 Å². The van der Waals surface area contributed by atoms with Crippen LogP contribution in [0.2, 0.25) is 0 Å². The topological polar surface area (TPSA) is 237 Å². The number of ether oxygens (including phenoxy) is 4. The number of hydrogen-bond acceptors (Lipinski definition) is 15. The van der Waals surface area contributed by atoms with Crippen LogP contribution in [0, 0.1) is 23.7 Å². The highest BCUT2D eigenvalue weighted by molar-refractivity contribution is 7.47. The molecule has 0 heterocycles. The minimum absolute atomic E-state index is 0.102. The first-order valence-electron chi connectivity index (χ1n) is 39.7. The lowest BCUT2D eigenvalue weighted by Crippen LogP contribution is -2.30. The molecule has 96 heavy (non-hydrogen) atoms. The van der Waals surface area contributed by atoms with Crippen molar-refractivity contribution in [3.63, 3.8) is 0 Å². The number of rotatable bonds is 74. The summed E-state index contributed by atoms with van der Waals surface area (Å²) in [7, 11) is -9.91. The van der Waals surface area contributed by atoms with Crippen molar-refractivity contribution in [1.82, 2.24) is 0 Å². The summed E-state index contributed by atoms with van der Waals surface area (Å²) < 4.78 is 68.5. The number of phosphoric acid groups is 2. The fraction of sp³-hybridized carbons (Fsp3) is 0.948. The van der Waals surface area contributed by atoms with Gasteiger partial charge in [0.15, 0.2) is 12.2 Å². The van der Waals surface area contributed by atoms with Crippen LogP contribution < -0.4 is 0 Å². The third kappa shape index (κ3) is 70.5. The quantitative estimate of drug-likeness (QED) is 0.0222. The van der Waals surface area contributed by atoms with E-state index in [1.165, 1.54) is 186 Å². The molecule has 17 nitrogen and oxygen atoms in total. The Morgan fingerprint density at radius 1 is 0.260 bits per heavy atom. The molecule has 0 aromatic rings. The molecule has 0 aliphatic heterocycles. The lowest BCUT2D eigenvalue weighted by molar-refractivity contribution is -0.161. The highest BCUT2D eigenvalue weighted by Crippen LogP contribution is 2.45. The lowest BCUT2D eigenvalue weighted by Gasteiger charge is -2.21. The summed E-state index contributed by atoms with van der Waals surface area (Å²) in [6.07, 6.45) is 51.7. The van der Waals surface area contributed by atoms with Crippen molar-refractivity contribution in [2.24, 2.45) is 23.7 Å². The van der Waals surface area contributed by atoms with Crippen LogP contribution in [0.3, 0.4) is 0 Å². The van der Waals surface area contributed by atoms with Gasteiger partial charge in [-0.25, -0.2) is 9.13 Å². The molecule has 0 aromatic heterocycles.